The van der Waals surface area contributed by atoms with Gasteiger partial charge in [0.05, 0.1) is 12.7 Å². The van der Waals surface area contributed by atoms with Crippen LogP contribution in [0.2, 0.25) is 0 Å². The predicted molar refractivity (Wildman–Crippen MR) is 84.1 cm³/mol. The quantitative estimate of drug-likeness (QED) is 0.858. The number of rotatable bonds is 4. The number of anilines is 1. The Kier molecular flexibility index (Phi) is 8.53. The minimum Gasteiger partial charge on any atom is -0.465 e. The summed E-state index contributed by atoms with van der Waals surface area (Å²) in [5.74, 6) is 1.23. The number of aromatic nitrogens is 1. The zero-order valence-corrected chi connectivity index (χ0v) is 13.1. The Morgan fingerprint density at radius 2 is 2.25 bits per heavy atom. The van der Waals surface area contributed by atoms with Gasteiger partial charge in [-0.2, -0.15) is 0 Å². The standard InChI is InChI=1S/C13H19N3O2.2ClH/c1-18-13(17)11-2-3-12(15-8-11)16-7-5-10(9-16)4-6-14;;/h2-3,8,10H,4-7,9,14H2,1H3;2*1H. The molecule has 0 amide bonds. The second kappa shape index (κ2) is 9.00. The Bertz CT molecular complexity index is 415. The van der Waals surface area contributed by atoms with Crippen LogP contribution in [0.4, 0.5) is 5.82 Å². The Balaban J connectivity index is 0.00000180. The highest BCUT2D eigenvalue weighted by Gasteiger charge is 2.22. The van der Waals surface area contributed by atoms with Crippen molar-refractivity contribution in [2.75, 3.05) is 31.6 Å². The van der Waals surface area contributed by atoms with Crippen molar-refractivity contribution >= 4 is 36.6 Å². The fourth-order valence-corrected chi connectivity index (χ4v) is 2.32. The highest BCUT2D eigenvalue weighted by atomic mass is 35.5. The van der Waals surface area contributed by atoms with Gasteiger partial charge in [0.15, 0.2) is 0 Å². The van der Waals surface area contributed by atoms with E-state index < -0.39 is 0 Å². The first kappa shape index (κ1) is 19.0. The molecule has 0 aliphatic carbocycles. The number of carbonyl (C=O) groups excluding carboxylic acids is 1. The molecule has 2 heterocycles. The molecule has 0 radical (unpaired) electrons. The summed E-state index contributed by atoms with van der Waals surface area (Å²) in [4.78, 5) is 17.8. The minimum atomic E-state index is -0.350. The maximum absolute atomic E-state index is 11.3. The first-order chi connectivity index (χ1) is 8.74. The van der Waals surface area contributed by atoms with Crippen molar-refractivity contribution in [2.24, 2.45) is 11.7 Å². The van der Waals surface area contributed by atoms with Gasteiger partial charge in [-0.3, -0.25) is 0 Å². The average Bonchev–Trinajstić information content (AvgIpc) is 2.87. The van der Waals surface area contributed by atoms with Crippen LogP contribution >= 0.6 is 24.8 Å². The summed E-state index contributed by atoms with van der Waals surface area (Å²) in [5.41, 5.74) is 6.06. The molecule has 114 valence electrons. The molecule has 1 aliphatic rings. The molecular formula is C13H21Cl2N3O2. The second-order valence-electron chi connectivity index (χ2n) is 4.57. The lowest BCUT2D eigenvalue weighted by Gasteiger charge is -2.17. The third kappa shape index (κ3) is 4.51. The number of hydrogen-bond acceptors (Lipinski definition) is 5. The van der Waals surface area contributed by atoms with Crippen molar-refractivity contribution in [1.29, 1.82) is 0 Å². The lowest BCUT2D eigenvalue weighted by atomic mass is 10.1. The van der Waals surface area contributed by atoms with Crippen molar-refractivity contribution < 1.29 is 9.53 Å². The Morgan fingerprint density at radius 1 is 1.50 bits per heavy atom. The van der Waals surface area contributed by atoms with Gasteiger partial charge in [-0.15, -0.1) is 24.8 Å². The number of methoxy groups -OCH3 is 1. The van der Waals surface area contributed by atoms with Crippen LogP contribution in [0.5, 0.6) is 0 Å². The number of carbonyl (C=O) groups is 1. The van der Waals surface area contributed by atoms with Crippen LogP contribution < -0.4 is 10.6 Å². The van der Waals surface area contributed by atoms with Gasteiger partial charge in [-0.1, -0.05) is 0 Å². The summed E-state index contributed by atoms with van der Waals surface area (Å²) < 4.78 is 4.64. The van der Waals surface area contributed by atoms with Gasteiger partial charge in [-0.25, -0.2) is 9.78 Å². The molecule has 0 saturated carbocycles. The van der Waals surface area contributed by atoms with Gasteiger partial charge in [0.2, 0.25) is 0 Å². The van der Waals surface area contributed by atoms with Crippen molar-refractivity contribution in [3.8, 4) is 0 Å². The molecule has 1 aromatic rings. The van der Waals surface area contributed by atoms with Crippen molar-refractivity contribution in [1.82, 2.24) is 4.98 Å². The molecular weight excluding hydrogens is 301 g/mol. The zero-order valence-electron chi connectivity index (χ0n) is 11.4. The van der Waals surface area contributed by atoms with E-state index in [1.165, 1.54) is 7.11 Å². The number of nitrogens with zero attached hydrogens (tertiary/aromatic N) is 2. The molecule has 0 spiro atoms. The summed E-state index contributed by atoms with van der Waals surface area (Å²) >= 11 is 0. The fourth-order valence-electron chi connectivity index (χ4n) is 2.32. The van der Waals surface area contributed by atoms with Crippen LogP contribution in [-0.2, 0) is 4.74 Å². The van der Waals surface area contributed by atoms with Crippen molar-refractivity contribution in [3.05, 3.63) is 23.9 Å². The minimum absolute atomic E-state index is 0. The van der Waals surface area contributed by atoms with Crippen LogP contribution in [0.25, 0.3) is 0 Å². The summed E-state index contributed by atoms with van der Waals surface area (Å²) in [7, 11) is 1.37. The van der Waals surface area contributed by atoms with Crippen LogP contribution in [0.15, 0.2) is 18.3 Å². The molecule has 2 N–H and O–H groups in total. The molecule has 1 fully saturated rings. The Morgan fingerprint density at radius 3 is 2.80 bits per heavy atom. The van der Waals surface area contributed by atoms with E-state index in [0.29, 0.717) is 11.5 Å². The molecule has 0 bridgehead atoms. The first-order valence-electron chi connectivity index (χ1n) is 6.24. The molecule has 1 atom stereocenters. The second-order valence-corrected chi connectivity index (χ2v) is 4.57. The number of ether oxygens (including phenoxy) is 1. The van der Waals surface area contributed by atoms with E-state index in [1.807, 2.05) is 6.07 Å². The number of nitrogens with two attached hydrogens (primary N) is 1. The van der Waals surface area contributed by atoms with E-state index in [-0.39, 0.29) is 30.8 Å². The van der Waals surface area contributed by atoms with Gasteiger partial charge in [0.1, 0.15) is 5.82 Å². The van der Waals surface area contributed by atoms with E-state index in [9.17, 15) is 4.79 Å². The molecule has 0 aromatic carbocycles. The van der Waals surface area contributed by atoms with Crippen LogP contribution in [-0.4, -0.2) is 37.7 Å². The number of halogens is 2. The molecule has 1 aliphatic heterocycles. The number of hydrogen-bond donors (Lipinski definition) is 1. The summed E-state index contributed by atoms with van der Waals surface area (Å²) in [5, 5.41) is 0. The largest absolute Gasteiger partial charge is 0.465 e. The van der Waals surface area contributed by atoms with Crippen LogP contribution in [0.1, 0.15) is 23.2 Å². The molecule has 1 aromatic heterocycles. The van der Waals surface area contributed by atoms with Gasteiger partial charge >= 0.3 is 5.97 Å². The smallest absolute Gasteiger partial charge is 0.339 e. The predicted octanol–water partition coefficient (Wildman–Crippen LogP) is 1.89. The van der Waals surface area contributed by atoms with E-state index >= 15 is 0 Å². The lowest BCUT2D eigenvalue weighted by molar-refractivity contribution is 0.0600. The SMILES string of the molecule is COC(=O)c1ccc(N2CCC(CCN)C2)nc1.Cl.Cl. The third-order valence-corrected chi connectivity index (χ3v) is 3.35. The molecule has 20 heavy (non-hydrogen) atoms. The van der Waals surface area contributed by atoms with Crippen LogP contribution in [0, 0.1) is 5.92 Å². The summed E-state index contributed by atoms with van der Waals surface area (Å²) in [6.45, 7) is 2.75. The molecule has 2 rings (SSSR count). The lowest BCUT2D eigenvalue weighted by Crippen LogP contribution is -2.21. The van der Waals surface area contributed by atoms with E-state index in [1.54, 1.807) is 12.3 Å². The third-order valence-electron chi connectivity index (χ3n) is 3.35. The Labute approximate surface area is 131 Å². The first-order valence-corrected chi connectivity index (χ1v) is 6.24. The maximum Gasteiger partial charge on any atom is 0.339 e. The monoisotopic (exact) mass is 321 g/mol. The molecule has 5 nitrogen and oxygen atoms in total. The van der Waals surface area contributed by atoms with E-state index in [4.69, 9.17) is 5.73 Å². The summed E-state index contributed by atoms with van der Waals surface area (Å²) in [6, 6.07) is 3.63. The molecule has 1 saturated heterocycles. The van der Waals surface area contributed by atoms with Gasteiger partial charge in [0, 0.05) is 19.3 Å². The van der Waals surface area contributed by atoms with E-state index in [2.05, 4.69) is 14.6 Å². The van der Waals surface area contributed by atoms with E-state index in [0.717, 1.165) is 38.3 Å². The number of pyridine rings is 1. The average molecular weight is 322 g/mol. The van der Waals surface area contributed by atoms with Crippen molar-refractivity contribution in [3.63, 3.8) is 0 Å². The van der Waals surface area contributed by atoms with Gasteiger partial charge in [0.25, 0.3) is 0 Å². The highest BCUT2D eigenvalue weighted by molar-refractivity contribution is 5.89. The zero-order chi connectivity index (χ0) is 13.0. The fraction of sp³-hybridized carbons (Fsp3) is 0.538. The molecule has 7 heteroatoms. The van der Waals surface area contributed by atoms with Gasteiger partial charge in [-0.05, 0) is 37.4 Å². The number of esters is 1. The normalized spacial score (nSPS) is 17.1. The summed E-state index contributed by atoms with van der Waals surface area (Å²) in [6.07, 6.45) is 3.80. The maximum atomic E-state index is 11.3. The topological polar surface area (TPSA) is 68.5 Å². The van der Waals surface area contributed by atoms with Gasteiger partial charge < -0.3 is 15.4 Å². The Hall–Kier alpha value is -1.04. The highest BCUT2D eigenvalue weighted by Crippen LogP contribution is 2.23. The van der Waals surface area contributed by atoms with Crippen LogP contribution in [0.3, 0.4) is 0 Å². The van der Waals surface area contributed by atoms with Crippen molar-refractivity contribution in [2.45, 2.75) is 12.8 Å². The molecule has 1 unspecified atom stereocenters.